The number of carbonyl (C=O) groups excluding carboxylic acids is 1. The van der Waals surface area contributed by atoms with Crippen LogP contribution < -0.4 is 5.43 Å². The molecule has 0 aliphatic heterocycles. The van der Waals surface area contributed by atoms with Crippen LogP contribution in [-0.2, 0) is 0 Å². The number of carbonyl (C=O) groups is 1. The molecular weight excluding hydrogens is 386 g/mol. The van der Waals surface area contributed by atoms with Gasteiger partial charge in [0.25, 0.3) is 5.91 Å². The third kappa shape index (κ3) is 4.05. The van der Waals surface area contributed by atoms with Gasteiger partial charge in [-0.2, -0.15) is 5.10 Å². The second-order valence-corrected chi connectivity index (χ2v) is 7.55. The molecule has 0 bridgehead atoms. The minimum Gasteiger partial charge on any atom is -0.318 e. The van der Waals surface area contributed by atoms with Crippen molar-refractivity contribution in [3.8, 4) is 11.5 Å². The number of nitrogens with one attached hydrogen (secondary N) is 1. The number of benzene rings is 1. The van der Waals surface area contributed by atoms with Crippen molar-refractivity contribution in [1.29, 1.82) is 0 Å². The molecule has 3 heterocycles. The molecule has 1 N–H and O–H groups in total. The van der Waals surface area contributed by atoms with Gasteiger partial charge in [0.2, 0.25) is 0 Å². The highest BCUT2D eigenvalue weighted by molar-refractivity contribution is 5.95. The molecule has 6 heteroatoms. The van der Waals surface area contributed by atoms with Gasteiger partial charge < -0.3 is 9.13 Å². The molecule has 156 valence electrons. The van der Waals surface area contributed by atoms with E-state index in [1.165, 1.54) is 0 Å². The molecule has 0 saturated carbocycles. The first kappa shape index (κ1) is 20.3. The standard InChI is InChI=1S/C25H25N5O/c1-17-11-12-18(2)29(17)23-9-7-8-21(15-23)25(31)28-27-16-22-14-19(3)30(20(22)4)24-10-5-6-13-26-24/h5-16H,1-4H3,(H,28,31)/b27-16-. The van der Waals surface area contributed by atoms with Crippen LogP contribution in [0.25, 0.3) is 11.5 Å². The van der Waals surface area contributed by atoms with Gasteiger partial charge >= 0.3 is 0 Å². The monoisotopic (exact) mass is 411 g/mol. The maximum Gasteiger partial charge on any atom is 0.271 e. The number of hydrogen-bond donors (Lipinski definition) is 1. The first-order valence-electron chi connectivity index (χ1n) is 10.1. The van der Waals surface area contributed by atoms with Crippen LogP contribution in [0, 0.1) is 27.7 Å². The molecule has 0 aliphatic rings. The summed E-state index contributed by atoms with van der Waals surface area (Å²) in [6, 6.07) is 19.5. The zero-order valence-electron chi connectivity index (χ0n) is 18.1. The third-order valence-electron chi connectivity index (χ3n) is 5.36. The van der Waals surface area contributed by atoms with E-state index in [9.17, 15) is 4.79 Å². The van der Waals surface area contributed by atoms with E-state index in [2.05, 4.69) is 36.8 Å². The maximum absolute atomic E-state index is 12.7. The van der Waals surface area contributed by atoms with Gasteiger partial charge in [-0.1, -0.05) is 12.1 Å². The Bertz CT molecular complexity index is 1250. The molecule has 0 unspecified atom stereocenters. The van der Waals surface area contributed by atoms with Crippen molar-refractivity contribution in [2.24, 2.45) is 5.10 Å². The number of aryl methyl sites for hydroxylation is 3. The Labute approximate surface area is 181 Å². The van der Waals surface area contributed by atoms with Crippen LogP contribution in [0.4, 0.5) is 0 Å². The third-order valence-corrected chi connectivity index (χ3v) is 5.36. The van der Waals surface area contributed by atoms with Crippen LogP contribution in [0.15, 0.2) is 72.0 Å². The highest BCUT2D eigenvalue weighted by Gasteiger charge is 2.11. The topological polar surface area (TPSA) is 64.2 Å². The number of rotatable bonds is 5. The maximum atomic E-state index is 12.7. The Morgan fingerprint density at radius 2 is 1.68 bits per heavy atom. The summed E-state index contributed by atoms with van der Waals surface area (Å²) >= 11 is 0. The van der Waals surface area contributed by atoms with E-state index in [-0.39, 0.29) is 5.91 Å². The Kier molecular flexibility index (Phi) is 5.54. The van der Waals surface area contributed by atoms with Crippen molar-refractivity contribution in [2.75, 3.05) is 0 Å². The lowest BCUT2D eigenvalue weighted by molar-refractivity contribution is 0.0955. The van der Waals surface area contributed by atoms with Crippen LogP contribution in [0.2, 0.25) is 0 Å². The molecule has 4 aromatic rings. The van der Waals surface area contributed by atoms with Gasteiger partial charge in [0.05, 0.1) is 6.21 Å². The van der Waals surface area contributed by atoms with E-state index >= 15 is 0 Å². The minimum atomic E-state index is -0.251. The van der Waals surface area contributed by atoms with E-state index in [1.807, 2.05) is 70.2 Å². The van der Waals surface area contributed by atoms with Crippen molar-refractivity contribution in [1.82, 2.24) is 19.5 Å². The van der Waals surface area contributed by atoms with Gasteiger partial charge in [-0.15, -0.1) is 0 Å². The fourth-order valence-corrected chi connectivity index (χ4v) is 3.84. The van der Waals surface area contributed by atoms with Crippen LogP contribution in [0.5, 0.6) is 0 Å². The Balaban J connectivity index is 1.52. The second kappa shape index (κ2) is 8.44. The van der Waals surface area contributed by atoms with Gasteiger partial charge in [0, 0.05) is 45.8 Å². The van der Waals surface area contributed by atoms with Crippen LogP contribution in [0.1, 0.15) is 38.7 Å². The van der Waals surface area contributed by atoms with E-state index in [0.717, 1.165) is 39.8 Å². The molecule has 0 aliphatic carbocycles. The highest BCUT2D eigenvalue weighted by Crippen LogP contribution is 2.19. The van der Waals surface area contributed by atoms with Gasteiger partial charge in [0.15, 0.2) is 0 Å². The van der Waals surface area contributed by atoms with Crippen molar-refractivity contribution < 1.29 is 4.79 Å². The van der Waals surface area contributed by atoms with Gasteiger partial charge in [-0.25, -0.2) is 10.4 Å². The largest absolute Gasteiger partial charge is 0.318 e. The van der Waals surface area contributed by atoms with Crippen molar-refractivity contribution in [3.63, 3.8) is 0 Å². The molecule has 1 aromatic carbocycles. The first-order valence-corrected chi connectivity index (χ1v) is 10.1. The smallest absolute Gasteiger partial charge is 0.271 e. The molecular formula is C25H25N5O. The predicted octanol–water partition coefficient (Wildman–Crippen LogP) is 4.66. The molecule has 6 nitrogen and oxygen atoms in total. The lowest BCUT2D eigenvalue weighted by atomic mass is 10.2. The molecule has 0 radical (unpaired) electrons. The zero-order chi connectivity index (χ0) is 22.0. The molecule has 4 rings (SSSR count). The highest BCUT2D eigenvalue weighted by atomic mass is 16.2. The minimum absolute atomic E-state index is 0.251. The molecule has 31 heavy (non-hydrogen) atoms. The molecule has 0 fully saturated rings. The predicted molar refractivity (Wildman–Crippen MR) is 123 cm³/mol. The van der Waals surface area contributed by atoms with Crippen LogP contribution in [-0.4, -0.2) is 26.2 Å². The Hall–Kier alpha value is -3.93. The van der Waals surface area contributed by atoms with Crippen molar-refractivity contribution in [2.45, 2.75) is 27.7 Å². The number of pyridine rings is 1. The summed E-state index contributed by atoms with van der Waals surface area (Å²) in [6.45, 7) is 8.13. The van der Waals surface area contributed by atoms with Crippen molar-refractivity contribution in [3.05, 3.63) is 101 Å². The lowest BCUT2D eigenvalue weighted by Crippen LogP contribution is -2.18. The molecule has 3 aromatic heterocycles. The summed E-state index contributed by atoms with van der Waals surface area (Å²) in [6.07, 6.45) is 3.44. The number of amides is 1. The zero-order valence-corrected chi connectivity index (χ0v) is 18.1. The summed E-state index contributed by atoms with van der Waals surface area (Å²) in [5.41, 5.74) is 9.38. The Morgan fingerprint density at radius 3 is 2.39 bits per heavy atom. The van der Waals surface area contributed by atoms with Gasteiger partial charge in [-0.3, -0.25) is 4.79 Å². The van der Waals surface area contributed by atoms with E-state index in [0.29, 0.717) is 5.56 Å². The normalized spacial score (nSPS) is 11.2. The summed E-state index contributed by atoms with van der Waals surface area (Å²) in [5.74, 6) is 0.604. The summed E-state index contributed by atoms with van der Waals surface area (Å²) in [4.78, 5) is 17.1. The average Bonchev–Trinajstić information content (AvgIpc) is 3.25. The SMILES string of the molecule is Cc1ccc(C)n1-c1cccc(C(=O)N/N=C\c2cc(C)n(-c3ccccn3)c2C)c1. The number of nitrogens with zero attached hydrogens (tertiary/aromatic N) is 4. The average molecular weight is 412 g/mol. The fourth-order valence-electron chi connectivity index (χ4n) is 3.84. The van der Waals surface area contributed by atoms with Crippen LogP contribution >= 0.6 is 0 Å². The first-order chi connectivity index (χ1) is 15.0. The van der Waals surface area contributed by atoms with E-state index < -0.39 is 0 Å². The molecule has 0 atom stereocenters. The summed E-state index contributed by atoms with van der Waals surface area (Å²) < 4.78 is 4.18. The van der Waals surface area contributed by atoms with Crippen molar-refractivity contribution >= 4 is 12.1 Å². The van der Waals surface area contributed by atoms with E-state index in [1.54, 1.807) is 18.5 Å². The van der Waals surface area contributed by atoms with Gasteiger partial charge in [0.1, 0.15) is 5.82 Å². The van der Waals surface area contributed by atoms with Gasteiger partial charge in [-0.05, 0) is 76.2 Å². The molecule has 1 amide bonds. The fraction of sp³-hybridized carbons (Fsp3) is 0.160. The van der Waals surface area contributed by atoms with E-state index in [4.69, 9.17) is 0 Å². The van der Waals surface area contributed by atoms with Crippen LogP contribution in [0.3, 0.4) is 0 Å². The Morgan fingerprint density at radius 1 is 0.903 bits per heavy atom. The number of hydrogen-bond acceptors (Lipinski definition) is 3. The quantitative estimate of drug-likeness (QED) is 0.383. The lowest BCUT2D eigenvalue weighted by Gasteiger charge is -2.10. The second-order valence-electron chi connectivity index (χ2n) is 7.55. The number of aromatic nitrogens is 3. The number of hydrazone groups is 1. The summed E-state index contributed by atoms with van der Waals surface area (Å²) in [7, 11) is 0. The molecule has 0 spiro atoms. The molecule has 0 saturated heterocycles. The summed E-state index contributed by atoms with van der Waals surface area (Å²) in [5, 5.41) is 4.19.